The Bertz CT molecular complexity index is 470. The average Bonchev–Trinajstić information content (AvgIpc) is 2.71. The number of nitrogens with zero attached hydrogens (tertiary/aromatic N) is 3. The second kappa shape index (κ2) is 6.50. The zero-order valence-corrected chi connectivity index (χ0v) is 13.9. The highest BCUT2D eigenvalue weighted by Gasteiger charge is 2.28. The smallest absolute Gasteiger partial charge is 0.204 e. The molecule has 0 radical (unpaired) electrons. The van der Waals surface area contributed by atoms with Crippen molar-refractivity contribution in [3.8, 4) is 5.75 Å². The van der Waals surface area contributed by atoms with E-state index in [-0.39, 0.29) is 0 Å². The van der Waals surface area contributed by atoms with E-state index >= 15 is 0 Å². The summed E-state index contributed by atoms with van der Waals surface area (Å²) in [4.78, 5) is 11.0. The van der Waals surface area contributed by atoms with Gasteiger partial charge in [0.15, 0.2) is 11.6 Å². The maximum atomic E-state index is 5.53. The number of hydrogen-bond donors (Lipinski definition) is 1. The van der Waals surface area contributed by atoms with Crippen LogP contribution in [0.15, 0.2) is 6.33 Å². The van der Waals surface area contributed by atoms with Crippen LogP contribution in [0.5, 0.6) is 5.75 Å². The Hall–Kier alpha value is -1.52. The number of hydrogen-bond acceptors (Lipinski definition) is 5. The van der Waals surface area contributed by atoms with E-state index in [1.165, 1.54) is 19.3 Å². The summed E-state index contributed by atoms with van der Waals surface area (Å²) in [5, 5.41) is 3.07. The predicted molar refractivity (Wildman–Crippen MR) is 87.1 cm³/mol. The lowest BCUT2D eigenvalue weighted by molar-refractivity contribution is 0.220. The highest BCUT2D eigenvalue weighted by atomic mass is 16.5. The summed E-state index contributed by atoms with van der Waals surface area (Å²) in [6.45, 7) is 9.09. The lowest BCUT2D eigenvalue weighted by Gasteiger charge is -2.30. The lowest BCUT2D eigenvalue weighted by atomic mass is 9.77. The zero-order valence-electron chi connectivity index (χ0n) is 13.9. The van der Waals surface area contributed by atoms with Gasteiger partial charge in [0.05, 0.1) is 7.11 Å². The molecule has 1 aromatic rings. The van der Waals surface area contributed by atoms with Crippen LogP contribution in [0.2, 0.25) is 0 Å². The molecule has 1 aliphatic rings. The van der Waals surface area contributed by atoms with Crippen molar-refractivity contribution < 1.29 is 4.74 Å². The molecule has 1 aromatic heterocycles. The van der Waals surface area contributed by atoms with E-state index in [9.17, 15) is 0 Å². The molecule has 1 saturated heterocycles. The Balaban J connectivity index is 2.20. The van der Waals surface area contributed by atoms with Crippen molar-refractivity contribution in [1.29, 1.82) is 0 Å². The first-order valence-corrected chi connectivity index (χ1v) is 7.79. The molecule has 1 aliphatic heterocycles. The lowest BCUT2D eigenvalue weighted by Crippen LogP contribution is -2.27. The fourth-order valence-corrected chi connectivity index (χ4v) is 3.13. The first kappa shape index (κ1) is 15.9. The van der Waals surface area contributed by atoms with Crippen molar-refractivity contribution in [2.45, 2.75) is 40.0 Å². The highest BCUT2D eigenvalue weighted by Crippen LogP contribution is 2.37. The predicted octanol–water partition coefficient (Wildman–Crippen LogP) is 3.18. The van der Waals surface area contributed by atoms with E-state index in [4.69, 9.17) is 4.74 Å². The van der Waals surface area contributed by atoms with Gasteiger partial charge in [-0.2, -0.15) is 0 Å². The Morgan fingerprint density at radius 2 is 2.00 bits per heavy atom. The molecule has 1 atom stereocenters. The normalized spacial score (nSPS) is 20.0. The molecule has 21 heavy (non-hydrogen) atoms. The maximum absolute atomic E-state index is 5.53. The summed E-state index contributed by atoms with van der Waals surface area (Å²) in [6.07, 6.45) is 5.29. The number of aromatic nitrogens is 2. The molecule has 118 valence electrons. The van der Waals surface area contributed by atoms with E-state index in [1.54, 1.807) is 13.4 Å². The van der Waals surface area contributed by atoms with Gasteiger partial charge in [-0.05, 0) is 30.6 Å². The molecular weight excluding hydrogens is 264 g/mol. The number of rotatable bonds is 3. The Kier molecular flexibility index (Phi) is 4.91. The van der Waals surface area contributed by atoms with Crippen LogP contribution < -0.4 is 15.0 Å². The van der Waals surface area contributed by atoms with Crippen LogP contribution in [-0.4, -0.2) is 37.2 Å². The average molecular weight is 292 g/mol. The second-order valence-electron chi connectivity index (χ2n) is 6.81. The molecule has 0 spiro atoms. The quantitative estimate of drug-likeness (QED) is 0.927. The van der Waals surface area contributed by atoms with Gasteiger partial charge in [0.1, 0.15) is 6.33 Å². The fraction of sp³-hybridized carbons (Fsp3) is 0.750. The molecule has 1 fully saturated rings. The van der Waals surface area contributed by atoms with Crippen molar-refractivity contribution in [3.63, 3.8) is 0 Å². The van der Waals surface area contributed by atoms with Crippen LogP contribution in [0.25, 0.3) is 0 Å². The molecule has 5 heteroatoms. The standard InChI is InChI=1S/C16H28N4O/c1-16(2,3)12-7-6-9-20(10-8-12)15-13(21-5)14(17-4)18-11-19-15/h11-12H,6-10H2,1-5H3,(H,17,18,19). The Morgan fingerprint density at radius 3 is 2.62 bits per heavy atom. The van der Waals surface area contributed by atoms with Gasteiger partial charge >= 0.3 is 0 Å². The third-order valence-corrected chi connectivity index (χ3v) is 4.48. The molecule has 5 nitrogen and oxygen atoms in total. The SMILES string of the molecule is CNc1ncnc(N2CCCC(C(C)(C)C)CC2)c1OC. The van der Waals surface area contributed by atoms with Gasteiger partial charge in [-0.3, -0.25) is 0 Å². The summed E-state index contributed by atoms with van der Waals surface area (Å²) >= 11 is 0. The number of nitrogens with one attached hydrogen (secondary N) is 1. The number of anilines is 2. The largest absolute Gasteiger partial charge is 0.490 e. The van der Waals surface area contributed by atoms with Gasteiger partial charge in [0, 0.05) is 20.1 Å². The molecule has 1 unspecified atom stereocenters. The van der Waals surface area contributed by atoms with E-state index in [2.05, 4.69) is 41.0 Å². The first-order chi connectivity index (χ1) is 9.97. The van der Waals surface area contributed by atoms with Gasteiger partial charge in [-0.15, -0.1) is 0 Å². The van der Waals surface area contributed by atoms with Crippen LogP contribution in [0, 0.1) is 11.3 Å². The first-order valence-electron chi connectivity index (χ1n) is 7.79. The molecule has 2 heterocycles. The van der Waals surface area contributed by atoms with Crippen LogP contribution >= 0.6 is 0 Å². The van der Waals surface area contributed by atoms with Gasteiger partial charge in [0.2, 0.25) is 5.75 Å². The molecule has 2 rings (SSSR count). The van der Waals surface area contributed by atoms with Crippen LogP contribution in [0.4, 0.5) is 11.6 Å². The molecule has 0 bridgehead atoms. The van der Waals surface area contributed by atoms with Crippen molar-refractivity contribution >= 4 is 11.6 Å². The third-order valence-electron chi connectivity index (χ3n) is 4.48. The Labute approximate surface area is 128 Å². The maximum Gasteiger partial charge on any atom is 0.204 e. The molecule has 0 aromatic carbocycles. The minimum atomic E-state index is 0.377. The van der Waals surface area contributed by atoms with Gasteiger partial charge < -0.3 is 15.0 Å². The van der Waals surface area contributed by atoms with Gasteiger partial charge in [0.25, 0.3) is 0 Å². The third kappa shape index (κ3) is 3.57. The van der Waals surface area contributed by atoms with Crippen LogP contribution in [0.1, 0.15) is 40.0 Å². The Morgan fingerprint density at radius 1 is 1.24 bits per heavy atom. The summed E-state index contributed by atoms with van der Waals surface area (Å²) in [7, 11) is 3.53. The van der Waals surface area contributed by atoms with Crippen molar-refractivity contribution in [3.05, 3.63) is 6.33 Å². The summed E-state index contributed by atoms with van der Waals surface area (Å²) in [6, 6.07) is 0. The van der Waals surface area contributed by atoms with Crippen LogP contribution in [-0.2, 0) is 0 Å². The topological polar surface area (TPSA) is 50.3 Å². The van der Waals surface area contributed by atoms with E-state index < -0.39 is 0 Å². The van der Waals surface area contributed by atoms with E-state index in [0.717, 1.165) is 36.4 Å². The van der Waals surface area contributed by atoms with Crippen molar-refractivity contribution in [1.82, 2.24) is 9.97 Å². The highest BCUT2D eigenvalue weighted by molar-refractivity contribution is 5.64. The fourth-order valence-electron chi connectivity index (χ4n) is 3.13. The summed E-state index contributed by atoms with van der Waals surface area (Å²) < 4.78 is 5.53. The molecule has 0 saturated carbocycles. The monoisotopic (exact) mass is 292 g/mol. The molecule has 0 aliphatic carbocycles. The molecule has 1 N–H and O–H groups in total. The van der Waals surface area contributed by atoms with Gasteiger partial charge in [-0.25, -0.2) is 9.97 Å². The second-order valence-corrected chi connectivity index (χ2v) is 6.81. The van der Waals surface area contributed by atoms with E-state index in [0.29, 0.717) is 5.41 Å². The minimum Gasteiger partial charge on any atom is -0.490 e. The molecular formula is C16H28N4O. The number of ether oxygens (including phenoxy) is 1. The van der Waals surface area contributed by atoms with Crippen molar-refractivity contribution in [2.75, 3.05) is 37.5 Å². The summed E-state index contributed by atoms with van der Waals surface area (Å²) in [5.41, 5.74) is 0.377. The molecule has 0 amide bonds. The van der Waals surface area contributed by atoms with Crippen molar-refractivity contribution in [2.24, 2.45) is 11.3 Å². The van der Waals surface area contributed by atoms with Crippen LogP contribution in [0.3, 0.4) is 0 Å². The summed E-state index contributed by atoms with van der Waals surface area (Å²) in [5.74, 6) is 3.17. The number of methoxy groups -OCH3 is 1. The van der Waals surface area contributed by atoms with E-state index in [1.807, 2.05) is 7.05 Å². The van der Waals surface area contributed by atoms with Gasteiger partial charge in [-0.1, -0.05) is 20.8 Å². The minimum absolute atomic E-state index is 0.377. The zero-order chi connectivity index (χ0) is 15.5.